The largest absolute Gasteiger partial charge is 0.495 e. The first-order valence-corrected chi connectivity index (χ1v) is 8.57. The maximum absolute atomic E-state index is 12.7. The molecule has 0 aliphatic carbocycles. The first-order valence-electron chi connectivity index (χ1n) is 7.09. The number of non-ortho nitro benzene ring substituents is 1. The molecule has 2 aromatic carbocycles. The number of ether oxygens (including phenoxy) is 1. The predicted octanol–water partition coefficient (Wildman–Crippen LogP) is 3.33. The molecule has 2 rings (SSSR count). The molecule has 0 aliphatic heterocycles. The van der Waals surface area contributed by atoms with Gasteiger partial charge in [0.2, 0.25) is 0 Å². The predicted molar refractivity (Wildman–Crippen MR) is 91.1 cm³/mol. The smallest absolute Gasteiger partial charge is 0.271 e. The van der Waals surface area contributed by atoms with E-state index in [0.29, 0.717) is 5.69 Å². The van der Waals surface area contributed by atoms with E-state index in [9.17, 15) is 18.5 Å². The molecule has 0 heterocycles. The number of methoxy groups -OCH3 is 1. The fourth-order valence-corrected chi connectivity index (χ4v) is 3.91. The number of nitrogens with zero attached hydrogens (tertiary/aromatic N) is 1. The van der Waals surface area contributed by atoms with Gasteiger partial charge in [-0.25, -0.2) is 8.42 Å². The standard InChI is InChI=1S/C16H18N2O5S/c1-10-7-11(2)16(12(3)8-10)17-24(21,22)15-9-13(18(19)20)5-6-14(15)23-4/h5-9,17H,1-4H3. The summed E-state index contributed by atoms with van der Waals surface area (Å²) in [6, 6.07) is 7.16. The number of aryl methyl sites for hydroxylation is 3. The number of sulfonamides is 1. The van der Waals surface area contributed by atoms with Gasteiger partial charge in [0.1, 0.15) is 10.6 Å². The zero-order chi connectivity index (χ0) is 18.1. The lowest BCUT2D eigenvalue weighted by molar-refractivity contribution is -0.385. The maximum atomic E-state index is 12.7. The summed E-state index contributed by atoms with van der Waals surface area (Å²) in [5.41, 5.74) is 2.67. The van der Waals surface area contributed by atoms with Crippen molar-refractivity contribution < 1.29 is 18.1 Å². The zero-order valence-corrected chi connectivity index (χ0v) is 14.6. The van der Waals surface area contributed by atoms with E-state index in [1.807, 2.05) is 19.1 Å². The minimum atomic E-state index is -4.05. The van der Waals surface area contributed by atoms with Gasteiger partial charge in [-0.1, -0.05) is 17.7 Å². The summed E-state index contributed by atoms with van der Waals surface area (Å²) in [5, 5.41) is 10.9. The molecular weight excluding hydrogens is 332 g/mol. The van der Waals surface area contributed by atoms with Crippen LogP contribution in [0.5, 0.6) is 5.75 Å². The van der Waals surface area contributed by atoms with Crippen molar-refractivity contribution in [2.75, 3.05) is 11.8 Å². The Labute approximate surface area is 140 Å². The molecular formula is C16H18N2O5S. The lowest BCUT2D eigenvalue weighted by Crippen LogP contribution is -2.16. The molecule has 0 fully saturated rings. The molecule has 0 amide bonds. The van der Waals surface area contributed by atoms with Crippen LogP contribution in [0.3, 0.4) is 0 Å². The molecule has 0 aliphatic rings. The van der Waals surface area contributed by atoms with Crippen LogP contribution in [-0.4, -0.2) is 20.5 Å². The van der Waals surface area contributed by atoms with Gasteiger partial charge < -0.3 is 4.74 Å². The van der Waals surface area contributed by atoms with E-state index in [0.717, 1.165) is 22.8 Å². The van der Waals surface area contributed by atoms with Crippen LogP contribution in [0.2, 0.25) is 0 Å². The Hall–Kier alpha value is -2.61. The number of hydrogen-bond acceptors (Lipinski definition) is 5. The summed E-state index contributed by atoms with van der Waals surface area (Å²) < 4.78 is 33.0. The number of rotatable bonds is 5. The van der Waals surface area contributed by atoms with Gasteiger partial charge in [-0.15, -0.1) is 0 Å². The second kappa shape index (κ2) is 6.48. The third kappa shape index (κ3) is 3.48. The van der Waals surface area contributed by atoms with Crippen molar-refractivity contribution in [2.24, 2.45) is 0 Å². The third-order valence-electron chi connectivity index (χ3n) is 3.56. The molecule has 0 bridgehead atoms. The molecule has 0 saturated heterocycles. The number of nitro benzene ring substituents is 1. The molecule has 0 saturated carbocycles. The van der Waals surface area contributed by atoms with Crippen LogP contribution in [0.4, 0.5) is 11.4 Å². The normalized spacial score (nSPS) is 11.2. The molecule has 1 N–H and O–H groups in total. The van der Waals surface area contributed by atoms with E-state index < -0.39 is 14.9 Å². The summed E-state index contributed by atoms with van der Waals surface area (Å²) >= 11 is 0. The monoisotopic (exact) mass is 350 g/mol. The van der Waals surface area contributed by atoms with Gasteiger partial charge in [0.15, 0.2) is 0 Å². The highest BCUT2D eigenvalue weighted by Crippen LogP contribution is 2.31. The van der Waals surface area contributed by atoms with Crippen LogP contribution in [0.1, 0.15) is 16.7 Å². The lowest BCUT2D eigenvalue weighted by Gasteiger charge is -2.15. The molecule has 0 atom stereocenters. The first kappa shape index (κ1) is 17.7. The summed E-state index contributed by atoms with van der Waals surface area (Å²) in [5.74, 6) is 0.0375. The van der Waals surface area contributed by atoms with Crippen molar-refractivity contribution in [1.29, 1.82) is 0 Å². The quantitative estimate of drug-likeness (QED) is 0.659. The topological polar surface area (TPSA) is 98.5 Å². The van der Waals surface area contributed by atoms with Crippen molar-refractivity contribution in [1.82, 2.24) is 0 Å². The summed E-state index contributed by atoms with van der Waals surface area (Å²) in [6.07, 6.45) is 0. The van der Waals surface area contributed by atoms with Gasteiger partial charge in [-0.2, -0.15) is 0 Å². The van der Waals surface area contributed by atoms with Crippen molar-refractivity contribution in [2.45, 2.75) is 25.7 Å². The number of anilines is 1. The van der Waals surface area contributed by atoms with Crippen LogP contribution >= 0.6 is 0 Å². The Morgan fingerprint density at radius 2 is 1.67 bits per heavy atom. The van der Waals surface area contributed by atoms with Crippen molar-refractivity contribution in [3.05, 3.63) is 57.1 Å². The van der Waals surface area contributed by atoms with Gasteiger partial charge in [-0.3, -0.25) is 14.8 Å². The van der Waals surface area contributed by atoms with Crippen molar-refractivity contribution in [3.8, 4) is 5.75 Å². The zero-order valence-electron chi connectivity index (χ0n) is 13.8. The van der Waals surface area contributed by atoms with Crippen molar-refractivity contribution >= 4 is 21.4 Å². The number of nitrogens with one attached hydrogen (secondary N) is 1. The second-order valence-corrected chi connectivity index (χ2v) is 7.12. The fourth-order valence-electron chi connectivity index (χ4n) is 2.52. The minimum absolute atomic E-state index is 0.0375. The fraction of sp³-hybridized carbons (Fsp3) is 0.250. The number of hydrogen-bond donors (Lipinski definition) is 1. The van der Waals surface area contributed by atoms with Gasteiger partial charge >= 0.3 is 0 Å². The highest BCUT2D eigenvalue weighted by molar-refractivity contribution is 7.92. The van der Waals surface area contributed by atoms with Crippen molar-refractivity contribution in [3.63, 3.8) is 0 Å². The van der Waals surface area contributed by atoms with Gasteiger partial charge in [0, 0.05) is 12.1 Å². The van der Waals surface area contributed by atoms with Gasteiger partial charge in [0.25, 0.3) is 15.7 Å². The Morgan fingerprint density at radius 1 is 1.08 bits per heavy atom. The molecule has 2 aromatic rings. The Morgan fingerprint density at radius 3 is 2.17 bits per heavy atom. The average molecular weight is 350 g/mol. The van der Waals surface area contributed by atoms with Gasteiger partial charge in [0.05, 0.1) is 17.7 Å². The van der Waals surface area contributed by atoms with E-state index in [1.54, 1.807) is 13.8 Å². The van der Waals surface area contributed by atoms with Gasteiger partial charge in [-0.05, 0) is 38.0 Å². The summed E-state index contributed by atoms with van der Waals surface area (Å²) in [7, 11) is -2.74. The van der Waals surface area contributed by atoms with Crippen LogP contribution in [0, 0.1) is 30.9 Å². The minimum Gasteiger partial charge on any atom is -0.495 e. The Kier molecular flexibility index (Phi) is 4.79. The van der Waals surface area contributed by atoms with E-state index in [4.69, 9.17) is 4.74 Å². The highest BCUT2D eigenvalue weighted by atomic mass is 32.2. The molecule has 128 valence electrons. The van der Waals surface area contributed by atoms with Crippen LogP contribution in [0.25, 0.3) is 0 Å². The van der Waals surface area contributed by atoms with E-state index in [1.165, 1.54) is 19.2 Å². The Bertz CT molecular complexity index is 884. The maximum Gasteiger partial charge on any atom is 0.271 e. The lowest BCUT2D eigenvalue weighted by atomic mass is 10.1. The second-order valence-electron chi connectivity index (χ2n) is 5.47. The number of nitro groups is 1. The van der Waals surface area contributed by atoms with Crippen LogP contribution < -0.4 is 9.46 Å². The third-order valence-corrected chi connectivity index (χ3v) is 4.93. The first-order chi connectivity index (χ1) is 11.2. The molecule has 0 spiro atoms. The van der Waals surface area contributed by atoms with Crippen LogP contribution in [-0.2, 0) is 10.0 Å². The summed E-state index contributed by atoms with van der Waals surface area (Å²) in [6.45, 7) is 5.51. The molecule has 24 heavy (non-hydrogen) atoms. The molecule has 8 heteroatoms. The summed E-state index contributed by atoms with van der Waals surface area (Å²) in [4.78, 5) is 10.0. The number of benzene rings is 2. The molecule has 0 unspecified atom stereocenters. The molecule has 0 radical (unpaired) electrons. The molecule has 0 aromatic heterocycles. The van der Waals surface area contributed by atoms with E-state index in [2.05, 4.69) is 4.72 Å². The van der Waals surface area contributed by atoms with E-state index in [-0.39, 0.29) is 16.3 Å². The van der Waals surface area contributed by atoms with Crippen LogP contribution in [0.15, 0.2) is 35.2 Å². The highest BCUT2D eigenvalue weighted by Gasteiger charge is 2.24. The average Bonchev–Trinajstić information content (AvgIpc) is 2.50. The molecule has 7 nitrogen and oxygen atoms in total. The van der Waals surface area contributed by atoms with E-state index >= 15 is 0 Å². The SMILES string of the molecule is COc1ccc([N+](=O)[O-])cc1S(=O)(=O)Nc1c(C)cc(C)cc1C. The Balaban J connectivity index is 2.56.